The molecule has 1 aliphatic rings. The first kappa shape index (κ1) is 13.5. The third-order valence-corrected chi connectivity index (χ3v) is 3.34. The molecule has 1 N–H and O–H groups in total. The Kier molecular flexibility index (Phi) is 4.40. The lowest BCUT2D eigenvalue weighted by molar-refractivity contribution is -0.00550. The smallest absolute Gasteiger partial charge is 0.224 e. The fourth-order valence-corrected chi connectivity index (χ4v) is 2.62. The third kappa shape index (κ3) is 3.11. The molecule has 1 fully saturated rings. The van der Waals surface area contributed by atoms with E-state index in [1.165, 1.54) is 0 Å². The van der Waals surface area contributed by atoms with Crippen molar-refractivity contribution in [3.8, 4) is 0 Å². The van der Waals surface area contributed by atoms with Crippen molar-refractivity contribution in [1.29, 1.82) is 0 Å². The van der Waals surface area contributed by atoms with Crippen molar-refractivity contribution >= 4 is 27.7 Å². The van der Waals surface area contributed by atoms with E-state index in [0.29, 0.717) is 5.95 Å². The molecule has 1 aromatic rings. The lowest BCUT2D eigenvalue weighted by atomic mass is 10.2. The number of nitrogens with one attached hydrogen (secondary N) is 1. The van der Waals surface area contributed by atoms with Crippen molar-refractivity contribution in [2.45, 2.75) is 33.0 Å². The molecule has 0 amide bonds. The van der Waals surface area contributed by atoms with Crippen molar-refractivity contribution in [2.75, 3.05) is 29.9 Å². The van der Waals surface area contributed by atoms with Gasteiger partial charge in [-0.2, -0.15) is 4.98 Å². The Labute approximate surface area is 116 Å². The summed E-state index contributed by atoms with van der Waals surface area (Å²) < 4.78 is 6.66. The predicted octanol–water partition coefficient (Wildman–Crippen LogP) is 2.28. The maximum absolute atomic E-state index is 5.74. The van der Waals surface area contributed by atoms with Crippen LogP contribution in [-0.4, -0.2) is 41.8 Å². The van der Waals surface area contributed by atoms with Gasteiger partial charge in [-0.05, 0) is 36.7 Å². The SMILES string of the molecule is CCNc1ncc(Br)c(N2C[C@@H](C)O[C@@H](C)C2)n1. The second-order valence-electron chi connectivity index (χ2n) is 4.56. The fourth-order valence-electron chi connectivity index (χ4n) is 2.17. The largest absolute Gasteiger partial charge is 0.372 e. The van der Waals surface area contributed by atoms with Crippen LogP contribution < -0.4 is 10.2 Å². The van der Waals surface area contributed by atoms with Crippen LogP contribution in [0, 0.1) is 0 Å². The van der Waals surface area contributed by atoms with E-state index in [1.54, 1.807) is 6.20 Å². The van der Waals surface area contributed by atoms with Gasteiger partial charge in [0.05, 0.1) is 16.7 Å². The van der Waals surface area contributed by atoms with Crippen LogP contribution in [0.15, 0.2) is 10.7 Å². The number of anilines is 2. The molecule has 2 heterocycles. The van der Waals surface area contributed by atoms with Gasteiger partial charge in [0.15, 0.2) is 0 Å². The van der Waals surface area contributed by atoms with E-state index in [9.17, 15) is 0 Å². The first-order valence-corrected chi connectivity index (χ1v) is 7.06. The molecule has 0 spiro atoms. The second-order valence-corrected chi connectivity index (χ2v) is 5.41. The quantitative estimate of drug-likeness (QED) is 0.927. The zero-order valence-corrected chi connectivity index (χ0v) is 12.6. The summed E-state index contributed by atoms with van der Waals surface area (Å²) in [6.45, 7) is 8.73. The van der Waals surface area contributed by atoms with E-state index in [1.807, 2.05) is 6.92 Å². The highest BCUT2D eigenvalue weighted by molar-refractivity contribution is 9.10. The first-order valence-electron chi connectivity index (χ1n) is 6.27. The van der Waals surface area contributed by atoms with Crippen molar-refractivity contribution in [1.82, 2.24) is 9.97 Å². The Hall–Kier alpha value is -0.880. The average molecular weight is 315 g/mol. The molecule has 0 bridgehead atoms. The summed E-state index contributed by atoms with van der Waals surface area (Å²) in [6, 6.07) is 0. The van der Waals surface area contributed by atoms with E-state index in [2.05, 4.69) is 50.0 Å². The Morgan fingerprint density at radius 2 is 2.11 bits per heavy atom. The number of hydrogen-bond donors (Lipinski definition) is 1. The van der Waals surface area contributed by atoms with Gasteiger partial charge >= 0.3 is 0 Å². The maximum atomic E-state index is 5.74. The molecule has 0 saturated carbocycles. The lowest BCUT2D eigenvalue weighted by Crippen LogP contribution is -2.46. The van der Waals surface area contributed by atoms with Crippen molar-refractivity contribution in [3.63, 3.8) is 0 Å². The molecule has 100 valence electrons. The van der Waals surface area contributed by atoms with Crippen LogP contribution in [0.1, 0.15) is 20.8 Å². The molecule has 1 saturated heterocycles. The number of ether oxygens (including phenoxy) is 1. The predicted molar refractivity (Wildman–Crippen MR) is 76.1 cm³/mol. The molecule has 1 aromatic heterocycles. The highest BCUT2D eigenvalue weighted by Gasteiger charge is 2.24. The number of hydrogen-bond acceptors (Lipinski definition) is 5. The minimum absolute atomic E-state index is 0.221. The normalized spacial score (nSPS) is 24.1. The molecule has 1 aliphatic heterocycles. The van der Waals surface area contributed by atoms with E-state index in [4.69, 9.17) is 4.74 Å². The minimum Gasteiger partial charge on any atom is -0.372 e. The highest BCUT2D eigenvalue weighted by atomic mass is 79.9. The summed E-state index contributed by atoms with van der Waals surface area (Å²) >= 11 is 3.52. The van der Waals surface area contributed by atoms with Crippen molar-refractivity contribution < 1.29 is 4.74 Å². The summed E-state index contributed by atoms with van der Waals surface area (Å²) in [5.74, 6) is 1.60. The van der Waals surface area contributed by atoms with Gasteiger partial charge in [0.1, 0.15) is 5.82 Å². The number of aromatic nitrogens is 2. The van der Waals surface area contributed by atoms with E-state index in [-0.39, 0.29) is 12.2 Å². The molecule has 0 unspecified atom stereocenters. The van der Waals surface area contributed by atoms with E-state index >= 15 is 0 Å². The van der Waals surface area contributed by atoms with Crippen molar-refractivity contribution in [3.05, 3.63) is 10.7 Å². The maximum Gasteiger partial charge on any atom is 0.224 e. The Balaban J connectivity index is 2.22. The summed E-state index contributed by atoms with van der Waals surface area (Å²) in [7, 11) is 0. The molecule has 0 aromatic carbocycles. The average Bonchev–Trinajstić information content (AvgIpc) is 2.30. The van der Waals surface area contributed by atoms with Gasteiger partial charge < -0.3 is 15.0 Å². The molecule has 2 atom stereocenters. The van der Waals surface area contributed by atoms with Gasteiger partial charge in [-0.15, -0.1) is 0 Å². The molecular formula is C12H19BrN4O. The second kappa shape index (κ2) is 5.84. The first-order chi connectivity index (χ1) is 8.60. The standard InChI is InChI=1S/C12H19BrN4O/c1-4-14-12-15-5-10(13)11(16-12)17-6-8(2)18-9(3)7-17/h5,8-9H,4,6-7H2,1-3H3,(H,14,15,16)/t8-,9+. The van der Waals surface area contributed by atoms with Crippen LogP contribution in [0.5, 0.6) is 0 Å². The van der Waals surface area contributed by atoms with Crippen molar-refractivity contribution in [2.24, 2.45) is 0 Å². The van der Waals surface area contributed by atoms with Crippen LogP contribution in [0.25, 0.3) is 0 Å². The van der Waals surface area contributed by atoms with E-state index in [0.717, 1.165) is 29.9 Å². The van der Waals surface area contributed by atoms with Gasteiger partial charge in [0, 0.05) is 25.8 Å². The number of halogens is 1. The molecular weight excluding hydrogens is 296 g/mol. The molecule has 2 rings (SSSR count). The summed E-state index contributed by atoms with van der Waals surface area (Å²) in [6.07, 6.45) is 2.24. The Morgan fingerprint density at radius 1 is 1.44 bits per heavy atom. The number of rotatable bonds is 3. The van der Waals surface area contributed by atoms with E-state index < -0.39 is 0 Å². The zero-order chi connectivity index (χ0) is 13.1. The highest BCUT2D eigenvalue weighted by Crippen LogP contribution is 2.27. The van der Waals surface area contributed by atoms with Crippen LogP contribution in [-0.2, 0) is 4.74 Å². The summed E-state index contributed by atoms with van der Waals surface area (Å²) in [4.78, 5) is 11.0. The van der Waals surface area contributed by atoms with Crippen LogP contribution in [0.3, 0.4) is 0 Å². The molecule has 0 aliphatic carbocycles. The topological polar surface area (TPSA) is 50.3 Å². The molecule has 5 nitrogen and oxygen atoms in total. The fraction of sp³-hybridized carbons (Fsp3) is 0.667. The number of morpholine rings is 1. The summed E-state index contributed by atoms with van der Waals surface area (Å²) in [5, 5.41) is 3.14. The van der Waals surface area contributed by atoms with Gasteiger partial charge in [0.2, 0.25) is 5.95 Å². The summed E-state index contributed by atoms with van der Waals surface area (Å²) in [5.41, 5.74) is 0. The molecule has 0 radical (unpaired) electrons. The van der Waals surface area contributed by atoms with Gasteiger partial charge in [-0.3, -0.25) is 0 Å². The molecule has 18 heavy (non-hydrogen) atoms. The minimum atomic E-state index is 0.221. The Bertz CT molecular complexity index is 405. The van der Waals surface area contributed by atoms with Crippen LogP contribution >= 0.6 is 15.9 Å². The monoisotopic (exact) mass is 314 g/mol. The van der Waals surface area contributed by atoms with Gasteiger partial charge in [-0.25, -0.2) is 4.98 Å². The number of nitrogens with zero attached hydrogens (tertiary/aromatic N) is 3. The lowest BCUT2D eigenvalue weighted by Gasteiger charge is -2.36. The zero-order valence-electron chi connectivity index (χ0n) is 11.0. The van der Waals surface area contributed by atoms with Crippen LogP contribution in [0.2, 0.25) is 0 Å². The third-order valence-electron chi connectivity index (χ3n) is 2.78. The molecule has 6 heteroatoms. The van der Waals surface area contributed by atoms with Crippen LogP contribution in [0.4, 0.5) is 11.8 Å². The van der Waals surface area contributed by atoms with Gasteiger partial charge in [0.25, 0.3) is 0 Å². The Morgan fingerprint density at radius 3 is 2.72 bits per heavy atom. The van der Waals surface area contributed by atoms with Gasteiger partial charge in [-0.1, -0.05) is 0 Å².